The van der Waals surface area contributed by atoms with Gasteiger partial charge in [0, 0.05) is 5.56 Å². The molecule has 0 spiro atoms. The molecular formula is C9H7ClN4O. The summed E-state index contributed by atoms with van der Waals surface area (Å²) < 4.78 is 1.59. The molecule has 2 aromatic rings. The SMILES string of the molecule is ON=C(Cl)c1cccc(-n2cncn2)c1. The highest BCUT2D eigenvalue weighted by atomic mass is 35.5. The number of oxime groups is 1. The van der Waals surface area contributed by atoms with E-state index in [1.165, 1.54) is 6.33 Å². The molecule has 0 amide bonds. The lowest BCUT2D eigenvalue weighted by molar-refractivity contribution is 0.321. The van der Waals surface area contributed by atoms with E-state index in [-0.39, 0.29) is 5.17 Å². The summed E-state index contributed by atoms with van der Waals surface area (Å²) in [7, 11) is 0. The molecule has 2 rings (SSSR count). The van der Waals surface area contributed by atoms with Crippen LogP contribution in [0, 0.1) is 0 Å². The number of aromatic nitrogens is 3. The minimum Gasteiger partial charge on any atom is -0.410 e. The van der Waals surface area contributed by atoms with Crippen LogP contribution in [-0.2, 0) is 0 Å². The third-order valence-electron chi connectivity index (χ3n) is 1.86. The van der Waals surface area contributed by atoms with Crippen LogP contribution in [0.1, 0.15) is 5.56 Å². The van der Waals surface area contributed by atoms with Crippen LogP contribution in [0.5, 0.6) is 0 Å². The van der Waals surface area contributed by atoms with Gasteiger partial charge in [-0.15, -0.1) is 0 Å². The second-order valence-corrected chi connectivity index (χ2v) is 3.14. The number of hydrogen-bond donors (Lipinski definition) is 1. The Morgan fingerprint density at radius 2 is 2.33 bits per heavy atom. The van der Waals surface area contributed by atoms with Crippen molar-refractivity contribution < 1.29 is 5.21 Å². The second-order valence-electron chi connectivity index (χ2n) is 2.78. The highest BCUT2D eigenvalue weighted by molar-refractivity contribution is 6.69. The molecule has 1 aromatic carbocycles. The predicted octanol–water partition coefficient (Wildman–Crippen LogP) is 1.64. The normalized spacial score (nSPS) is 11.7. The number of hydrogen-bond acceptors (Lipinski definition) is 4. The third-order valence-corrected chi connectivity index (χ3v) is 2.15. The van der Waals surface area contributed by atoms with Crippen LogP contribution in [0.4, 0.5) is 0 Å². The van der Waals surface area contributed by atoms with Gasteiger partial charge in [0.2, 0.25) is 0 Å². The second kappa shape index (κ2) is 4.10. The first-order valence-electron chi connectivity index (χ1n) is 4.14. The topological polar surface area (TPSA) is 63.3 Å². The first-order chi connectivity index (χ1) is 7.31. The predicted molar refractivity (Wildman–Crippen MR) is 55.5 cm³/mol. The van der Waals surface area contributed by atoms with Crippen molar-refractivity contribution in [2.75, 3.05) is 0 Å². The molecule has 76 valence electrons. The molecule has 0 saturated heterocycles. The summed E-state index contributed by atoms with van der Waals surface area (Å²) in [6.07, 6.45) is 3.01. The molecule has 0 bridgehead atoms. The Hall–Kier alpha value is -1.88. The Bertz CT molecular complexity index is 481. The summed E-state index contributed by atoms with van der Waals surface area (Å²) in [4.78, 5) is 3.83. The van der Waals surface area contributed by atoms with E-state index in [1.807, 2.05) is 6.07 Å². The highest BCUT2D eigenvalue weighted by Crippen LogP contribution is 2.11. The summed E-state index contributed by atoms with van der Waals surface area (Å²) in [6.45, 7) is 0. The van der Waals surface area contributed by atoms with Crippen molar-refractivity contribution >= 4 is 16.8 Å². The average molecular weight is 223 g/mol. The molecule has 1 heterocycles. The van der Waals surface area contributed by atoms with Gasteiger partial charge in [-0.1, -0.05) is 28.9 Å². The standard InChI is InChI=1S/C9H7ClN4O/c10-9(13-15)7-2-1-3-8(4-7)14-6-11-5-12-14/h1-6,15H. The van der Waals surface area contributed by atoms with Gasteiger partial charge in [0.05, 0.1) is 5.69 Å². The van der Waals surface area contributed by atoms with Crippen molar-refractivity contribution in [2.24, 2.45) is 5.16 Å². The van der Waals surface area contributed by atoms with E-state index < -0.39 is 0 Å². The molecule has 15 heavy (non-hydrogen) atoms. The molecule has 5 nitrogen and oxygen atoms in total. The Kier molecular flexibility index (Phi) is 2.64. The molecule has 6 heteroatoms. The van der Waals surface area contributed by atoms with Crippen LogP contribution in [0.15, 0.2) is 42.1 Å². The average Bonchev–Trinajstić information content (AvgIpc) is 2.82. The summed E-state index contributed by atoms with van der Waals surface area (Å²) >= 11 is 5.68. The summed E-state index contributed by atoms with van der Waals surface area (Å²) in [6, 6.07) is 7.12. The lowest BCUT2D eigenvalue weighted by Gasteiger charge is -2.02. The molecule has 0 radical (unpaired) electrons. The third kappa shape index (κ3) is 1.97. The quantitative estimate of drug-likeness (QED) is 0.477. The zero-order chi connectivity index (χ0) is 10.7. The molecule has 1 aromatic heterocycles. The number of rotatable bonds is 2. The number of halogens is 1. The fourth-order valence-corrected chi connectivity index (χ4v) is 1.29. The Labute approximate surface area is 90.6 Å². The van der Waals surface area contributed by atoms with Crippen LogP contribution in [0.3, 0.4) is 0 Å². The lowest BCUT2D eigenvalue weighted by atomic mass is 10.2. The molecule has 1 N–H and O–H groups in total. The lowest BCUT2D eigenvalue weighted by Crippen LogP contribution is -1.97. The molecule has 0 aliphatic heterocycles. The minimum absolute atomic E-state index is 0.0389. The molecule has 0 aliphatic rings. The van der Waals surface area contributed by atoms with E-state index >= 15 is 0 Å². The fourth-order valence-electron chi connectivity index (χ4n) is 1.18. The molecule has 0 aliphatic carbocycles. The van der Waals surface area contributed by atoms with Gasteiger partial charge < -0.3 is 5.21 Å². The maximum absolute atomic E-state index is 8.53. The summed E-state index contributed by atoms with van der Waals surface area (Å²) in [5.74, 6) is 0. The van der Waals surface area contributed by atoms with Crippen molar-refractivity contribution in [1.29, 1.82) is 0 Å². The van der Waals surface area contributed by atoms with Crippen LogP contribution in [0.25, 0.3) is 5.69 Å². The van der Waals surface area contributed by atoms with E-state index in [9.17, 15) is 0 Å². The van der Waals surface area contributed by atoms with E-state index in [0.717, 1.165) is 5.69 Å². The first-order valence-corrected chi connectivity index (χ1v) is 4.52. The van der Waals surface area contributed by atoms with Crippen molar-refractivity contribution in [3.63, 3.8) is 0 Å². The molecule has 0 atom stereocenters. The van der Waals surface area contributed by atoms with Crippen molar-refractivity contribution in [2.45, 2.75) is 0 Å². The smallest absolute Gasteiger partial charge is 0.175 e. The Morgan fingerprint density at radius 1 is 1.47 bits per heavy atom. The van der Waals surface area contributed by atoms with Gasteiger partial charge in [-0.05, 0) is 12.1 Å². The monoisotopic (exact) mass is 222 g/mol. The van der Waals surface area contributed by atoms with Crippen molar-refractivity contribution in [3.8, 4) is 5.69 Å². The first kappa shape index (κ1) is 9.67. The van der Waals surface area contributed by atoms with Gasteiger partial charge >= 0.3 is 0 Å². The Balaban J connectivity index is 2.44. The Morgan fingerprint density at radius 3 is 3.00 bits per heavy atom. The molecule has 0 fully saturated rings. The van der Waals surface area contributed by atoms with E-state index in [2.05, 4.69) is 15.2 Å². The van der Waals surface area contributed by atoms with Gasteiger partial charge in [0.25, 0.3) is 0 Å². The van der Waals surface area contributed by atoms with E-state index in [1.54, 1.807) is 29.2 Å². The summed E-state index contributed by atoms with van der Waals surface area (Å²) in [5, 5.41) is 15.5. The van der Waals surface area contributed by atoms with E-state index in [0.29, 0.717) is 5.56 Å². The number of benzene rings is 1. The zero-order valence-corrected chi connectivity index (χ0v) is 8.33. The minimum atomic E-state index is 0.0389. The zero-order valence-electron chi connectivity index (χ0n) is 7.58. The van der Waals surface area contributed by atoms with Crippen LogP contribution >= 0.6 is 11.6 Å². The maximum atomic E-state index is 8.53. The largest absolute Gasteiger partial charge is 0.410 e. The molecular weight excluding hydrogens is 216 g/mol. The van der Waals surface area contributed by atoms with Crippen molar-refractivity contribution in [3.05, 3.63) is 42.5 Å². The van der Waals surface area contributed by atoms with Gasteiger partial charge in [0.1, 0.15) is 12.7 Å². The number of nitrogens with zero attached hydrogens (tertiary/aromatic N) is 4. The maximum Gasteiger partial charge on any atom is 0.175 e. The molecule has 0 saturated carbocycles. The highest BCUT2D eigenvalue weighted by Gasteiger charge is 2.02. The molecule has 0 unspecified atom stereocenters. The van der Waals surface area contributed by atoms with Gasteiger partial charge in [-0.3, -0.25) is 0 Å². The summed E-state index contributed by atoms with van der Waals surface area (Å²) in [5.41, 5.74) is 1.42. The fraction of sp³-hybridized carbons (Fsp3) is 0. The van der Waals surface area contributed by atoms with Gasteiger partial charge in [-0.25, -0.2) is 9.67 Å². The van der Waals surface area contributed by atoms with Crippen LogP contribution in [0.2, 0.25) is 0 Å². The van der Waals surface area contributed by atoms with Crippen LogP contribution < -0.4 is 0 Å². The van der Waals surface area contributed by atoms with E-state index in [4.69, 9.17) is 16.8 Å². The van der Waals surface area contributed by atoms with Crippen molar-refractivity contribution in [1.82, 2.24) is 14.8 Å². The van der Waals surface area contributed by atoms with Crippen LogP contribution in [-0.4, -0.2) is 25.1 Å². The van der Waals surface area contributed by atoms with Gasteiger partial charge in [0.15, 0.2) is 5.17 Å². The van der Waals surface area contributed by atoms with Gasteiger partial charge in [-0.2, -0.15) is 5.10 Å².